The minimum Gasteiger partial charge on any atom is -0.337 e. The summed E-state index contributed by atoms with van der Waals surface area (Å²) < 4.78 is 14.9. The van der Waals surface area contributed by atoms with Crippen LogP contribution in [0.3, 0.4) is 0 Å². The van der Waals surface area contributed by atoms with Crippen molar-refractivity contribution in [3.8, 4) is 5.69 Å². The van der Waals surface area contributed by atoms with E-state index in [0.29, 0.717) is 36.1 Å². The highest BCUT2D eigenvalue weighted by atomic mass is 35.5. The molecule has 25 heavy (non-hydrogen) atoms. The lowest BCUT2D eigenvalue weighted by Crippen LogP contribution is -2.35. The summed E-state index contributed by atoms with van der Waals surface area (Å²) in [6, 6.07) is 4.29. The van der Waals surface area contributed by atoms with E-state index in [4.69, 9.17) is 11.6 Å². The molecule has 0 aliphatic rings. The highest BCUT2D eigenvalue weighted by Crippen LogP contribution is 2.21. The van der Waals surface area contributed by atoms with Crippen molar-refractivity contribution in [1.82, 2.24) is 19.9 Å². The van der Waals surface area contributed by atoms with Crippen molar-refractivity contribution in [1.29, 1.82) is 0 Å². The number of hydrogen-bond donors (Lipinski definition) is 0. The molecule has 0 N–H and O–H groups in total. The molecule has 2 rings (SSSR count). The van der Waals surface area contributed by atoms with Gasteiger partial charge in [-0.1, -0.05) is 43.5 Å². The maximum Gasteiger partial charge on any atom is 0.276 e. The Labute approximate surface area is 152 Å². The average molecular weight is 367 g/mol. The zero-order chi connectivity index (χ0) is 18.6. The standard InChI is InChI=1S/C18H24ClFN4O/c1-5-13(6-2)11-23(7-3)18(25)17-12(4)24(22-21-17)14-8-9-16(20)15(19)10-14/h8-10,13H,5-7,11H2,1-4H3. The van der Waals surface area contributed by atoms with Gasteiger partial charge in [-0.15, -0.1) is 5.10 Å². The van der Waals surface area contributed by atoms with Gasteiger partial charge in [0.15, 0.2) is 5.69 Å². The Morgan fingerprint density at radius 2 is 2.00 bits per heavy atom. The molecule has 0 fully saturated rings. The summed E-state index contributed by atoms with van der Waals surface area (Å²) in [5, 5.41) is 8.11. The summed E-state index contributed by atoms with van der Waals surface area (Å²) in [5.41, 5.74) is 1.49. The van der Waals surface area contributed by atoms with Gasteiger partial charge in [0.1, 0.15) is 5.82 Å². The van der Waals surface area contributed by atoms with E-state index in [2.05, 4.69) is 24.2 Å². The Morgan fingerprint density at radius 3 is 2.56 bits per heavy atom. The monoisotopic (exact) mass is 366 g/mol. The van der Waals surface area contributed by atoms with E-state index in [1.807, 2.05) is 6.92 Å². The van der Waals surface area contributed by atoms with E-state index in [9.17, 15) is 9.18 Å². The topological polar surface area (TPSA) is 51.0 Å². The Hall–Kier alpha value is -1.95. The molecular weight excluding hydrogens is 343 g/mol. The molecule has 0 aliphatic heterocycles. The largest absolute Gasteiger partial charge is 0.337 e. The molecule has 5 nitrogen and oxygen atoms in total. The summed E-state index contributed by atoms with van der Waals surface area (Å²) in [7, 11) is 0. The molecule has 0 unspecified atom stereocenters. The molecule has 0 radical (unpaired) electrons. The van der Waals surface area contributed by atoms with Crippen molar-refractivity contribution < 1.29 is 9.18 Å². The third kappa shape index (κ3) is 4.18. The van der Waals surface area contributed by atoms with Crippen molar-refractivity contribution in [3.63, 3.8) is 0 Å². The molecular formula is C18H24ClFN4O. The van der Waals surface area contributed by atoms with Crippen molar-refractivity contribution in [2.24, 2.45) is 5.92 Å². The third-order valence-electron chi connectivity index (χ3n) is 4.55. The molecule has 7 heteroatoms. The van der Waals surface area contributed by atoms with Crippen LogP contribution < -0.4 is 0 Å². The van der Waals surface area contributed by atoms with Gasteiger partial charge >= 0.3 is 0 Å². The number of benzene rings is 1. The molecule has 0 aliphatic carbocycles. The lowest BCUT2D eigenvalue weighted by atomic mass is 10.0. The maximum atomic E-state index is 13.4. The van der Waals surface area contributed by atoms with Crippen LogP contribution in [0.15, 0.2) is 18.2 Å². The Morgan fingerprint density at radius 1 is 1.32 bits per heavy atom. The van der Waals surface area contributed by atoms with Crippen molar-refractivity contribution in [3.05, 3.63) is 40.4 Å². The quantitative estimate of drug-likeness (QED) is 0.735. The van der Waals surface area contributed by atoms with Gasteiger partial charge in [-0.2, -0.15) is 0 Å². The maximum absolute atomic E-state index is 13.4. The van der Waals surface area contributed by atoms with Crippen LogP contribution in [-0.2, 0) is 0 Å². The fourth-order valence-corrected chi connectivity index (χ4v) is 2.93. The predicted octanol–water partition coefficient (Wildman–Crippen LogP) is 4.27. The fraction of sp³-hybridized carbons (Fsp3) is 0.500. The summed E-state index contributed by atoms with van der Waals surface area (Å²) in [5.74, 6) is -0.164. The van der Waals surface area contributed by atoms with Gasteiger partial charge in [0.05, 0.1) is 16.4 Å². The number of nitrogens with zero attached hydrogens (tertiary/aromatic N) is 4. The second kappa shape index (κ2) is 8.43. The zero-order valence-corrected chi connectivity index (χ0v) is 15.8. The van der Waals surface area contributed by atoms with Crippen molar-refractivity contribution >= 4 is 17.5 Å². The van der Waals surface area contributed by atoms with E-state index in [0.717, 1.165) is 12.8 Å². The number of rotatable bonds is 7. The molecule has 1 aromatic heterocycles. The van der Waals surface area contributed by atoms with E-state index in [1.165, 1.54) is 16.8 Å². The molecule has 1 amide bonds. The first-order valence-corrected chi connectivity index (χ1v) is 8.97. The lowest BCUT2D eigenvalue weighted by Gasteiger charge is -2.24. The van der Waals surface area contributed by atoms with Gasteiger partial charge in [-0.25, -0.2) is 9.07 Å². The predicted molar refractivity (Wildman–Crippen MR) is 96.7 cm³/mol. The molecule has 1 aromatic carbocycles. The normalized spacial score (nSPS) is 11.2. The van der Waals surface area contributed by atoms with Gasteiger partial charge < -0.3 is 4.90 Å². The Balaban J connectivity index is 2.29. The summed E-state index contributed by atoms with van der Waals surface area (Å²) in [6.45, 7) is 9.31. The second-order valence-corrected chi connectivity index (χ2v) is 6.47. The molecule has 0 atom stereocenters. The molecule has 0 bridgehead atoms. The minimum atomic E-state index is -0.498. The minimum absolute atomic E-state index is 0.00388. The van der Waals surface area contributed by atoms with E-state index in [1.54, 1.807) is 17.9 Å². The van der Waals surface area contributed by atoms with Crippen LogP contribution in [-0.4, -0.2) is 38.9 Å². The van der Waals surface area contributed by atoms with Crippen LogP contribution in [0.25, 0.3) is 5.69 Å². The SMILES string of the molecule is CCC(CC)CN(CC)C(=O)c1nnn(-c2ccc(F)c(Cl)c2)c1C. The molecule has 0 spiro atoms. The molecule has 1 heterocycles. The lowest BCUT2D eigenvalue weighted by molar-refractivity contribution is 0.0728. The van der Waals surface area contributed by atoms with E-state index >= 15 is 0 Å². The Bertz CT molecular complexity index is 743. The number of amides is 1. The Kier molecular flexibility index (Phi) is 6.53. The first kappa shape index (κ1) is 19.4. The average Bonchev–Trinajstić information content (AvgIpc) is 2.99. The van der Waals surface area contributed by atoms with Gasteiger partial charge in [0.25, 0.3) is 5.91 Å². The first-order valence-electron chi connectivity index (χ1n) is 8.59. The summed E-state index contributed by atoms with van der Waals surface area (Å²) in [4.78, 5) is 14.7. The van der Waals surface area contributed by atoms with Crippen LogP contribution in [0, 0.1) is 18.7 Å². The number of halogens is 2. The van der Waals surface area contributed by atoms with Crippen LogP contribution in [0.4, 0.5) is 4.39 Å². The van der Waals surface area contributed by atoms with Crippen molar-refractivity contribution in [2.75, 3.05) is 13.1 Å². The number of carbonyl (C=O) groups is 1. The van der Waals surface area contributed by atoms with Crippen LogP contribution >= 0.6 is 11.6 Å². The molecule has 136 valence electrons. The number of aromatic nitrogens is 3. The molecule has 0 saturated heterocycles. The van der Waals surface area contributed by atoms with Gasteiger partial charge in [-0.3, -0.25) is 4.79 Å². The van der Waals surface area contributed by atoms with Crippen LogP contribution in [0.1, 0.15) is 49.8 Å². The summed E-state index contributed by atoms with van der Waals surface area (Å²) >= 11 is 5.84. The summed E-state index contributed by atoms with van der Waals surface area (Å²) in [6.07, 6.45) is 2.06. The van der Waals surface area contributed by atoms with Crippen molar-refractivity contribution in [2.45, 2.75) is 40.5 Å². The fourth-order valence-electron chi connectivity index (χ4n) is 2.75. The first-order chi connectivity index (χ1) is 11.9. The van der Waals surface area contributed by atoms with Gasteiger partial charge in [0.2, 0.25) is 0 Å². The van der Waals surface area contributed by atoms with E-state index < -0.39 is 5.82 Å². The third-order valence-corrected chi connectivity index (χ3v) is 4.84. The van der Waals surface area contributed by atoms with Crippen LogP contribution in [0.5, 0.6) is 0 Å². The molecule has 2 aromatic rings. The smallest absolute Gasteiger partial charge is 0.276 e. The molecule has 0 saturated carbocycles. The van der Waals surface area contributed by atoms with Crippen LogP contribution in [0.2, 0.25) is 5.02 Å². The van der Waals surface area contributed by atoms with Gasteiger partial charge in [0, 0.05) is 13.1 Å². The highest BCUT2D eigenvalue weighted by molar-refractivity contribution is 6.30. The van der Waals surface area contributed by atoms with Gasteiger partial charge in [-0.05, 0) is 38.0 Å². The second-order valence-electron chi connectivity index (χ2n) is 6.06. The van der Waals surface area contributed by atoms with E-state index in [-0.39, 0.29) is 10.9 Å². The number of carbonyl (C=O) groups excluding carboxylic acids is 1. The number of hydrogen-bond acceptors (Lipinski definition) is 3. The zero-order valence-electron chi connectivity index (χ0n) is 15.1. The highest BCUT2D eigenvalue weighted by Gasteiger charge is 2.23.